The van der Waals surface area contributed by atoms with Crippen LogP contribution in [0.3, 0.4) is 0 Å². The largest absolute Gasteiger partial charge is 0.416 e. The first-order valence-corrected chi connectivity index (χ1v) is 15.5. The molecule has 3 fully saturated rings. The molecule has 2 saturated heterocycles. The van der Waals surface area contributed by atoms with Crippen LogP contribution in [0.2, 0.25) is 0 Å². The van der Waals surface area contributed by atoms with E-state index in [-0.39, 0.29) is 45.5 Å². The average molecular weight is 630 g/mol. The van der Waals surface area contributed by atoms with Gasteiger partial charge in [-0.25, -0.2) is 9.46 Å². The number of carbonyl (C=O) groups excluding carboxylic acids is 2. The zero-order valence-electron chi connectivity index (χ0n) is 23.8. The summed E-state index contributed by atoms with van der Waals surface area (Å²) in [6.45, 7) is 3.88. The molecule has 13 heteroatoms. The lowest BCUT2D eigenvalue weighted by atomic mass is 9.75. The van der Waals surface area contributed by atoms with Crippen LogP contribution in [0.1, 0.15) is 67.9 Å². The lowest BCUT2D eigenvalue weighted by Crippen LogP contribution is -2.65. The first-order valence-electron chi connectivity index (χ1n) is 14.3. The lowest BCUT2D eigenvalue weighted by Gasteiger charge is -2.48. The summed E-state index contributed by atoms with van der Waals surface area (Å²) >= 11 is 0. The summed E-state index contributed by atoms with van der Waals surface area (Å²) in [5, 5.41) is 3.47. The van der Waals surface area contributed by atoms with Crippen LogP contribution in [0.5, 0.6) is 0 Å². The quantitative estimate of drug-likeness (QED) is 0.183. The number of urea groups is 1. The zero-order valence-corrected chi connectivity index (χ0v) is 24.8. The molecule has 3 amide bonds. The van der Waals surface area contributed by atoms with Crippen molar-refractivity contribution in [2.45, 2.75) is 69.1 Å². The van der Waals surface area contributed by atoms with Gasteiger partial charge in [0.15, 0.2) is 0 Å². The third-order valence-corrected chi connectivity index (χ3v) is 9.69. The number of halogens is 6. The second kappa shape index (κ2) is 11.7. The second-order valence-electron chi connectivity index (χ2n) is 11.6. The van der Waals surface area contributed by atoms with Crippen LogP contribution in [0.4, 0.5) is 31.1 Å². The van der Waals surface area contributed by atoms with Crippen LogP contribution in [0.25, 0.3) is 0 Å². The lowest BCUT2D eigenvalue weighted by molar-refractivity contribution is -0.143. The highest BCUT2D eigenvalue weighted by Crippen LogP contribution is 2.46. The number of alkyl halides is 6. The van der Waals surface area contributed by atoms with E-state index in [1.165, 1.54) is 11.6 Å². The summed E-state index contributed by atoms with van der Waals surface area (Å²) in [6.07, 6.45) is -7.70. The van der Waals surface area contributed by atoms with Gasteiger partial charge in [0.05, 0.1) is 29.4 Å². The van der Waals surface area contributed by atoms with Gasteiger partial charge >= 0.3 is 18.4 Å². The predicted molar refractivity (Wildman–Crippen MR) is 149 cm³/mol. The van der Waals surface area contributed by atoms with E-state index in [1.807, 2.05) is 37.3 Å². The normalized spacial score (nSPS) is 25.9. The molecule has 4 atom stereocenters. The van der Waals surface area contributed by atoms with E-state index in [2.05, 4.69) is 5.32 Å². The fourth-order valence-corrected chi connectivity index (χ4v) is 6.86. The van der Waals surface area contributed by atoms with E-state index in [0.717, 1.165) is 18.4 Å². The van der Waals surface area contributed by atoms with Gasteiger partial charge in [0, 0.05) is 13.1 Å². The minimum atomic E-state index is -4.97. The third kappa shape index (κ3) is 6.28. The van der Waals surface area contributed by atoms with Gasteiger partial charge in [0.25, 0.3) is 5.91 Å². The van der Waals surface area contributed by atoms with Gasteiger partial charge in [-0.3, -0.25) is 4.79 Å². The Kier molecular flexibility index (Phi) is 8.61. The molecule has 0 radical (unpaired) electrons. The maximum absolute atomic E-state index is 13.7. The summed E-state index contributed by atoms with van der Waals surface area (Å²) < 4.78 is 88.3. The van der Waals surface area contributed by atoms with E-state index in [9.17, 15) is 35.9 Å². The molecule has 43 heavy (non-hydrogen) atoms. The number of carbonyl (C=O) groups is 2. The molecule has 2 aliphatic heterocycles. The Bertz CT molecular complexity index is 1310. The first-order chi connectivity index (χ1) is 20.2. The van der Waals surface area contributed by atoms with Crippen molar-refractivity contribution in [3.8, 4) is 0 Å². The van der Waals surface area contributed by atoms with Gasteiger partial charge in [-0.15, -0.1) is 0 Å². The van der Waals surface area contributed by atoms with Crippen molar-refractivity contribution in [3.05, 3.63) is 70.8 Å². The Morgan fingerprint density at radius 3 is 2.14 bits per heavy atom. The van der Waals surface area contributed by atoms with E-state index >= 15 is 0 Å². The van der Waals surface area contributed by atoms with Crippen molar-refractivity contribution in [2.24, 2.45) is 5.92 Å². The Hall–Kier alpha value is -2.69. The Balaban J connectivity index is 1.42. The van der Waals surface area contributed by atoms with E-state index in [1.54, 1.807) is 4.90 Å². The summed E-state index contributed by atoms with van der Waals surface area (Å²) in [6, 6.07) is 10.4. The molecule has 2 aromatic rings. The highest BCUT2D eigenvalue weighted by atomic mass is 31.1. The van der Waals surface area contributed by atoms with Gasteiger partial charge in [0.2, 0.25) is 0 Å². The fraction of sp³-hybridized carbons (Fsp3) is 0.533. The van der Waals surface area contributed by atoms with Crippen molar-refractivity contribution in [1.82, 2.24) is 14.9 Å². The maximum Gasteiger partial charge on any atom is 0.416 e. The van der Waals surface area contributed by atoms with E-state index in [4.69, 9.17) is 4.74 Å². The third-order valence-electron chi connectivity index (χ3n) is 8.66. The highest BCUT2D eigenvalue weighted by molar-refractivity contribution is 7.37. The first kappa shape index (κ1) is 31.7. The molecule has 1 N–H and O–H groups in total. The molecule has 6 nitrogen and oxygen atoms in total. The van der Waals surface area contributed by atoms with Crippen molar-refractivity contribution in [3.63, 3.8) is 0 Å². The predicted octanol–water partition coefficient (Wildman–Crippen LogP) is 7.11. The number of nitrogens with zero attached hydrogens (tertiary/aromatic N) is 2. The van der Waals surface area contributed by atoms with Gasteiger partial charge in [-0.2, -0.15) is 26.3 Å². The number of piperidine rings is 1. The molecule has 234 valence electrons. The molecule has 2 unspecified atom stereocenters. The fourth-order valence-electron chi connectivity index (χ4n) is 5.94. The average Bonchev–Trinajstić information content (AvgIpc) is 3.78. The molecule has 3 aliphatic rings. The molecule has 1 spiro atoms. The molecule has 0 aromatic heterocycles. The number of ether oxygens (including phenoxy) is 1. The Morgan fingerprint density at radius 2 is 1.63 bits per heavy atom. The van der Waals surface area contributed by atoms with E-state index < -0.39 is 40.7 Å². The summed E-state index contributed by atoms with van der Waals surface area (Å²) in [5.74, 6) is 0.128. The number of hydrogen-bond acceptors (Lipinski definition) is 4. The molecule has 1 saturated carbocycles. The van der Waals surface area contributed by atoms with Crippen LogP contribution < -0.4 is 5.32 Å². The molecular formula is C30H34F6N3O3P. The number of rotatable bonds is 9. The van der Waals surface area contributed by atoms with Gasteiger partial charge in [-0.05, 0) is 82.7 Å². The molecule has 5 rings (SSSR count). The van der Waals surface area contributed by atoms with Crippen molar-refractivity contribution in [2.75, 3.05) is 25.9 Å². The minimum absolute atomic E-state index is 0.0393. The highest BCUT2D eigenvalue weighted by Gasteiger charge is 2.60. The Morgan fingerprint density at radius 1 is 1.00 bits per heavy atom. The molecule has 2 aromatic carbocycles. The standard InChI is InChI=1S/C30H34F6N3O3P/c1-3-43-39-25(40)28(38(26(39)41)16-20-9-10-20)12-11-27(37-17-28,22-7-5-4-6-8-22)18-42-19(2)21-13-23(29(31,32)33)15-24(14-21)30(34,35)36/h4-8,13-15,19-20,37,43H,3,9-12,16-18H2,1-2H3/t19-,27-,28?/m1/s1. The van der Waals surface area contributed by atoms with Gasteiger partial charge in [-0.1, -0.05) is 37.3 Å². The van der Waals surface area contributed by atoms with Crippen molar-refractivity contribution in [1.29, 1.82) is 0 Å². The van der Waals surface area contributed by atoms with Crippen LogP contribution in [-0.4, -0.2) is 52.9 Å². The summed E-state index contributed by atoms with van der Waals surface area (Å²) in [7, 11) is 0.0393. The molecule has 2 heterocycles. The maximum atomic E-state index is 13.7. The number of nitrogens with one attached hydrogen (secondary N) is 1. The second-order valence-corrected chi connectivity index (χ2v) is 13.1. The minimum Gasteiger partial charge on any atom is -0.372 e. The smallest absolute Gasteiger partial charge is 0.372 e. The molecular weight excluding hydrogens is 595 g/mol. The molecule has 1 aliphatic carbocycles. The number of hydrogen-bond donors (Lipinski definition) is 1. The zero-order chi connectivity index (χ0) is 31.2. The van der Waals surface area contributed by atoms with Crippen LogP contribution >= 0.6 is 8.73 Å². The number of imide groups is 1. The van der Waals surface area contributed by atoms with Gasteiger partial charge in [0.1, 0.15) is 5.54 Å². The van der Waals surface area contributed by atoms with Crippen LogP contribution in [0, 0.1) is 5.92 Å². The summed E-state index contributed by atoms with van der Waals surface area (Å²) in [5.41, 5.74) is -4.21. The van der Waals surface area contributed by atoms with Crippen molar-refractivity contribution >= 4 is 20.7 Å². The van der Waals surface area contributed by atoms with Crippen LogP contribution in [-0.2, 0) is 27.4 Å². The Labute approximate surface area is 248 Å². The monoisotopic (exact) mass is 629 g/mol. The number of amides is 3. The van der Waals surface area contributed by atoms with Crippen LogP contribution in [0.15, 0.2) is 48.5 Å². The molecule has 0 bridgehead atoms. The SMILES string of the molecule is CCPN1C(=O)N(CC2CC2)C2(CC[C@@](CO[C@H](C)c3cc(C(F)(F)F)cc(C(F)(F)F)c3)(c3ccccc3)NC2)C1=O. The van der Waals surface area contributed by atoms with E-state index in [0.29, 0.717) is 43.6 Å². The van der Waals surface area contributed by atoms with Crippen molar-refractivity contribution < 1.29 is 40.7 Å². The number of benzene rings is 2. The topological polar surface area (TPSA) is 61.9 Å². The summed E-state index contributed by atoms with van der Waals surface area (Å²) in [4.78, 5) is 28.8. The van der Waals surface area contributed by atoms with Gasteiger partial charge < -0.3 is 15.0 Å².